The van der Waals surface area contributed by atoms with Crippen molar-refractivity contribution in [3.63, 3.8) is 0 Å². The van der Waals surface area contributed by atoms with E-state index in [0.717, 1.165) is 23.6 Å². The van der Waals surface area contributed by atoms with Crippen LogP contribution < -0.4 is 0 Å². The second kappa shape index (κ2) is 5.56. The first-order valence-corrected chi connectivity index (χ1v) is 8.29. The lowest BCUT2D eigenvalue weighted by atomic mass is 9.85. The van der Waals surface area contributed by atoms with Gasteiger partial charge in [-0.2, -0.15) is 0 Å². The number of Topliss-reactive ketones (excluding diaryl/α,β-unsaturated/α-hetero) is 1. The maximum atomic E-state index is 12.2. The number of rotatable bonds is 4. The summed E-state index contributed by atoms with van der Waals surface area (Å²) in [6.07, 6.45) is 12.5. The standard InChI is InChI=1S/C16H22OS/c17-14(10-9-12-5-2-1-3-6-12)16-11-13-7-4-8-15(13)18-16/h11-12H,1-10H2. The number of aryl methyl sites for hydroxylation is 2. The normalized spacial score (nSPS) is 20.0. The fraction of sp³-hybridized carbons (Fsp3) is 0.688. The molecule has 0 aromatic carbocycles. The van der Waals surface area contributed by atoms with E-state index >= 15 is 0 Å². The molecule has 98 valence electrons. The van der Waals surface area contributed by atoms with E-state index in [1.54, 1.807) is 11.3 Å². The Bertz CT molecular complexity index is 405. The zero-order chi connectivity index (χ0) is 12.4. The van der Waals surface area contributed by atoms with Crippen LogP contribution in [-0.2, 0) is 12.8 Å². The zero-order valence-corrected chi connectivity index (χ0v) is 11.9. The predicted molar refractivity (Wildman–Crippen MR) is 76.5 cm³/mol. The molecular weight excluding hydrogens is 240 g/mol. The highest BCUT2D eigenvalue weighted by atomic mass is 32.1. The Hall–Kier alpha value is -0.630. The van der Waals surface area contributed by atoms with E-state index in [1.807, 2.05) is 0 Å². The molecule has 2 aliphatic carbocycles. The molecule has 0 amide bonds. The first-order chi connectivity index (χ1) is 8.83. The minimum atomic E-state index is 0.403. The third-order valence-corrected chi connectivity index (χ3v) is 5.80. The Morgan fingerprint density at radius 3 is 2.78 bits per heavy atom. The largest absolute Gasteiger partial charge is 0.293 e. The van der Waals surface area contributed by atoms with Crippen molar-refractivity contribution in [1.29, 1.82) is 0 Å². The molecular formula is C16H22OS. The average Bonchev–Trinajstić information content (AvgIpc) is 2.98. The summed E-state index contributed by atoms with van der Waals surface area (Å²) >= 11 is 1.77. The summed E-state index contributed by atoms with van der Waals surface area (Å²) in [5, 5.41) is 0. The molecule has 1 fully saturated rings. The molecule has 2 heteroatoms. The molecule has 3 rings (SSSR count). The van der Waals surface area contributed by atoms with Gasteiger partial charge in [0.1, 0.15) is 0 Å². The number of fused-ring (bicyclic) bond motifs is 1. The number of thiophene rings is 1. The van der Waals surface area contributed by atoms with Gasteiger partial charge in [-0.05, 0) is 43.2 Å². The molecule has 1 aromatic heterocycles. The van der Waals surface area contributed by atoms with Crippen LogP contribution in [0.1, 0.15) is 71.5 Å². The van der Waals surface area contributed by atoms with Gasteiger partial charge < -0.3 is 0 Å². The zero-order valence-electron chi connectivity index (χ0n) is 11.0. The fourth-order valence-corrected chi connectivity index (χ4v) is 4.62. The quantitative estimate of drug-likeness (QED) is 0.714. The molecule has 0 atom stereocenters. The molecule has 0 spiro atoms. The third kappa shape index (κ3) is 2.69. The van der Waals surface area contributed by atoms with Crippen LogP contribution >= 0.6 is 11.3 Å². The lowest BCUT2D eigenvalue weighted by Crippen LogP contribution is -2.08. The molecule has 0 N–H and O–H groups in total. The number of ketones is 1. The Morgan fingerprint density at radius 1 is 1.17 bits per heavy atom. The summed E-state index contributed by atoms with van der Waals surface area (Å²) in [4.78, 5) is 14.7. The molecule has 0 radical (unpaired) electrons. The molecule has 2 aliphatic rings. The lowest BCUT2D eigenvalue weighted by molar-refractivity contribution is 0.0974. The molecule has 0 saturated heterocycles. The Morgan fingerprint density at radius 2 is 2.00 bits per heavy atom. The van der Waals surface area contributed by atoms with Crippen molar-refractivity contribution in [2.75, 3.05) is 0 Å². The van der Waals surface area contributed by atoms with Crippen LogP contribution in [0.2, 0.25) is 0 Å². The molecule has 1 heterocycles. The van der Waals surface area contributed by atoms with Gasteiger partial charge in [0.15, 0.2) is 5.78 Å². The summed E-state index contributed by atoms with van der Waals surface area (Å²) in [6.45, 7) is 0. The van der Waals surface area contributed by atoms with Gasteiger partial charge in [-0.3, -0.25) is 4.79 Å². The SMILES string of the molecule is O=C(CCC1CCCCC1)c1cc2c(s1)CCC2. The van der Waals surface area contributed by atoms with Crippen LogP contribution in [0.25, 0.3) is 0 Å². The molecule has 1 aromatic rings. The van der Waals surface area contributed by atoms with Crippen LogP contribution in [0, 0.1) is 5.92 Å². The van der Waals surface area contributed by atoms with Gasteiger partial charge >= 0.3 is 0 Å². The van der Waals surface area contributed by atoms with Gasteiger partial charge in [-0.15, -0.1) is 11.3 Å². The van der Waals surface area contributed by atoms with Crippen molar-refractivity contribution >= 4 is 17.1 Å². The maximum Gasteiger partial charge on any atom is 0.172 e. The van der Waals surface area contributed by atoms with E-state index < -0.39 is 0 Å². The topological polar surface area (TPSA) is 17.1 Å². The number of hydrogen-bond acceptors (Lipinski definition) is 2. The Balaban J connectivity index is 1.54. The van der Waals surface area contributed by atoms with Crippen LogP contribution in [0.3, 0.4) is 0 Å². The van der Waals surface area contributed by atoms with Crippen molar-refractivity contribution in [1.82, 2.24) is 0 Å². The van der Waals surface area contributed by atoms with Crippen molar-refractivity contribution in [3.8, 4) is 0 Å². The van der Waals surface area contributed by atoms with Gasteiger partial charge in [-0.1, -0.05) is 32.1 Å². The van der Waals surface area contributed by atoms with Crippen LogP contribution in [0.15, 0.2) is 6.07 Å². The minimum Gasteiger partial charge on any atom is -0.293 e. The summed E-state index contributed by atoms with van der Waals surface area (Å²) in [6, 6.07) is 2.18. The number of carbonyl (C=O) groups is 1. The maximum absolute atomic E-state index is 12.2. The number of carbonyl (C=O) groups excluding carboxylic acids is 1. The van der Waals surface area contributed by atoms with Crippen molar-refractivity contribution < 1.29 is 4.79 Å². The second-order valence-corrected chi connectivity index (χ2v) is 7.02. The summed E-state index contributed by atoms with van der Waals surface area (Å²) in [5.74, 6) is 1.23. The van der Waals surface area contributed by atoms with E-state index in [-0.39, 0.29) is 0 Å². The molecule has 18 heavy (non-hydrogen) atoms. The third-order valence-electron chi connectivity index (χ3n) is 4.53. The Kier molecular flexibility index (Phi) is 3.83. The summed E-state index contributed by atoms with van der Waals surface area (Å²) in [7, 11) is 0. The first kappa shape index (κ1) is 12.4. The highest BCUT2D eigenvalue weighted by Crippen LogP contribution is 2.32. The second-order valence-electron chi connectivity index (χ2n) is 5.88. The van der Waals surface area contributed by atoms with E-state index in [4.69, 9.17) is 0 Å². The lowest BCUT2D eigenvalue weighted by Gasteiger charge is -2.20. The van der Waals surface area contributed by atoms with Crippen molar-refractivity contribution in [2.24, 2.45) is 5.92 Å². The number of hydrogen-bond donors (Lipinski definition) is 0. The van der Waals surface area contributed by atoms with Crippen molar-refractivity contribution in [2.45, 2.75) is 64.2 Å². The van der Waals surface area contributed by atoms with Crippen LogP contribution in [0.4, 0.5) is 0 Å². The fourth-order valence-electron chi connectivity index (χ4n) is 3.40. The van der Waals surface area contributed by atoms with Crippen LogP contribution in [-0.4, -0.2) is 5.78 Å². The molecule has 0 bridgehead atoms. The van der Waals surface area contributed by atoms with E-state index in [9.17, 15) is 4.79 Å². The first-order valence-electron chi connectivity index (χ1n) is 7.48. The average molecular weight is 262 g/mol. The van der Waals surface area contributed by atoms with E-state index in [0.29, 0.717) is 5.78 Å². The highest BCUT2D eigenvalue weighted by molar-refractivity contribution is 7.14. The van der Waals surface area contributed by atoms with Gasteiger partial charge in [0.2, 0.25) is 0 Å². The minimum absolute atomic E-state index is 0.403. The van der Waals surface area contributed by atoms with Gasteiger partial charge in [-0.25, -0.2) is 0 Å². The van der Waals surface area contributed by atoms with Gasteiger partial charge in [0.25, 0.3) is 0 Å². The monoisotopic (exact) mass is 262 g/mol. The molecule has 0 aliphatic heterocycles. The molecule has 1 saturated carbocycles. The molecule has 0 unspecified atom stereocenters. The van der Waals surface area contributed by atoms with Gasteiger partial charge in [0, 0.05) is 11.3 Å². The molecule has 1 nitrogen and oxygen atoms in total. The van der Waals surface area contributed by atoms with Crippen molar-refractivity contribution in [3.05, 3.63) is 21.4 Å². The smallest absolute Gasteiger partial charge is 0.172 e. The summed E-state index contributed by atoms with van der Waals surface area (Å²) in [5.41, 5.74) is 1.46. The summed E-state index contributed by atoms with van der Waals surface area (Å²) < 4.78 is 0. The van der Waals surface area contributed by atoms with E-state index in [1.165, 1.54) is 61.8 Å². The Labute approximate surface area is 114 Å². The van der Waals surface area contributed by atoms with Crippen LogP contribution in [0.5, 0.6) is 0 Å². The predicted octanol–water partition coefficient (Wildman–Crippen LogP) is 4.78. The van der Waals surface area contributed by atoms with E-state index in [2.05, 4.69) is 6.07 Å². The highest BCUT2D eigenvalue weighted by Gasteiger charge is 2.20. The van der Waals surface area contributed by atoms with Gasteiger partial charge in [0.05, 0.1) is 4.88 Å².